The number of aryl methyl sites for hydroxylation is 1. The van der Waals surface area contributed by atoms with Crippen LogP contribution in [0.4, 0.5) is 0 Å². The van der Waals surface area contributed by atoms with Crippen LogP contribution in [0.3, 0.4) is 0 Å². The average molecular weight is 224 g/mol. The molecule has 0 bridgehead atoms. The Morgan fingerprint density at radius 1 is 1.50 bits per heavy atom. The van der Waals surface area contributed by atoms with Crippen molar-refractivity contribution in [3.8, 4) is 5.75 Å². The fourth-order valence-electron chi connectivity index (χ4n) is 1.69. The van der Waals surface area contributed by atoms with Crippen LogP contribution in [-0.2, 0) is 12.0 Å². The van der Waals surface area contributed by atoms with Crippen molar-refractivity contribution in [2.24, 2.45) is 5.84 Å². The fraction of sp³-hybridized carbons (Fsp3) is 0.500. The van der Waals surface area contributed by atoms with E-state index in [2.05, 4.69) is 12.3 Å². The Hall–Kier alpha value is -1.10. The number of methoxy groups -OCH3 is 1. The van der Waals surface area contributed by atoms with E-state index in [-0.39, 0.29) is 6.54 Å². The summed E-state index contributed by atoms with van der Waals surface area (Å²) in [6.07, 6.45) is 0.920. The highest BCUT2D eigenvalue weighted by atomic mass is 16.5. The molecule has 0 radical (unpaired) electrons. The number of rotatable bonds is 5. The van der Waals surface area contributed by atoms with Gasteiger partial charge in [-0.3, -0.25) is 11.3 Å². The van der Waals surface area contributed by atoms with Crippen molar-refractivity contribution in [1.29, 1.82) is 0 Å². The van der Waals surface area contributed by atoms with Gasteiger partial charge in [-0.1, -0.05) is 13.0 Å². The second-order valence-corrected chi connectivity index (χ2v) is 4.04. The van der Waals surface area contributed by atoms with Crippen molar-refractivity contribution in [2.45, 2.75) is 25.9 Å². The monoisotopic (exact) mass is 224 g/mol. The molecule has 0 spiro atoms. The molecule has 0 aliphatic heterocycles. The summed E-state index contributed by atoms with van der Waals surface area (Å²) in [6, 6.07) is 5.82. The van der Waals surface area contributed by atoms with Crippen molar-refractivity contribution in [3.05, 3.63) is 29.3 Å². The Labute approximate surface area is 96.4 Å². The molecule has 4 nitrogen and oxygen atoms in total. The molecule has 1 unspecified atom stereocenters. The second-order valence-electron chi connectivity index (χ2n) is 4.04. The van der Waals surface area contributed by atoms with Crippen LogP contribution in [0.25, 0.3) is 0 Å². The smallest absolute Gasteiger partial charge is 0.125 e. The molecule has 4 heteroatoms. The van der Waals surface area contributed by atoms with Crippen molar-refractivity contribution in [3.63, 3.8) is 0 Å². The van der Waals surface area contributed by atoms with Crippen molar-refractivity contribution in [1.82, 2.24) is 5.43 Å². The summed E-state index contributed by atoms with van der Waals surface area (Å²) in [5.74, 6) is 5.94. The number of benzene rings is 1. The number of hydrogen-bond acceptors (Lipinski definition) is 4. The second kappa shape index (κ2) is 5.30. The lowest BCUT2D eigenvalue weighted by molar-refractivity contribution is 0.0545. The summed E-state index contributed by atoms with van der Waals surface area (Å²) < 4.78 is 5.25. The average Bonchev–Trinajstić information content (AvgIpc) is 2.28. The predicted molar refractivity (Wildman–Crippen MR) is 64.1 cm³/mol. The van der Waals surface area contributed by atoms with Crippen LogP contribution in [0, 0.1) is 0 Å². The molecule has 0 saturated carbocycles. The molecule has 1 atom stereocenters. The van der Waals surface area contributed by atoms with Gasteiger partial charge in [-0.2, -0.15) is 0 Å². The van der Waals surface area contributed by atoms with Gasteiger partial charge in [-0.15, -0.1) is 0 Å². The standard InChI is InChI=1S/C12H20N2O2/c1-4-9-5-6-11(16-3)10(7-9)12(2,15)8-14-13/h5-7,14-15H,4,8,13H2,1-3H3. The van der Waals surface area contributed by atoms with Crippen LogP contribution in [-0.4, -0.2) is 18.8 Å². The number of hydrazine groups is 1. The molecule has 0 amide bonds. The third-order valence-corrected chi connectivity index (χ3v) is 2.70. The Morgan fingerprint density at radius 3 is 2.69 bits per heavy atom. The Morgan fingerprint density at radius 2 is 2.19 bits per heavy atom. The van der Waals surface area contributed by atoms with Gasteiger partial charge >= 0.3 is 0 Å². The van der Waals surface area contributed by atoms with E-state index in [0.29, 0.717) is 5.75 Å². The van der Waals surface area contributed by atoms with E-state index in [0.717, 1.165) is 17.5 Å². The van der Waals surface area contributed by atoms with Crippen LogP contribution in [0.1, 0.15) is 25.0 Å². The van der Waals surface area contributed by atoms with Crippen molar-refractivity contribution >= 4 is 0 Å². The van der Waals surface area contributed by atoms with Gasteiger partial charge < -0.3 is 9.84 Å². The van der Waals surface area contributed by atoms with Crippen molar-refractivity contribution in [2.75, 3.05) is 13.7 Å². The SMILES string of the molecule is CCc1ccc(OC)c(C(C)(O)CNN)c1. The highest BCUT2D eigenvalue weighted by Crippen LogP contribution is 2.30. The molecular formula is C12H20N2O2. The maximum absolute atomic E-state index is 10.3. The maximum Gasteiger partial charge on any atom is 0.125 e. The molecule has 1 aromatic rings. The normalized spacial score (nSPS) is 14.6. The first-order chi connectivity index (χ1) is 7.55. The van der Waals surface area contributed by atoms with Gasteiger partial charge in [0.1, 0.15) is 11.4 Å². The lowest BCUT2D eigenvalue weighted by Crippen LogP contribution is -2.39. The quantitative estimate of drug-likeness (QED) is 0.514. The van der Waals surface area contributed by atoms with Crippen LogP contribution >= 0.6 is 0 Å². The summed E-state index contributed by atoms with van der Waals surface area (Å²) in [4.78, 5) is 0. The molecule has 0 heterocycles. The number of nitrogens with one attached hydrogen (secondary N) is 1. The van der Waals surface area contributed by atoms with Gasteiger partial charge in [0, 0.05) is 12.1 Å². The molecule has 1 aromatic carbocycles. The van der Waals surface area contributed by atoms with Gasteiger partial charge in [0.25, 0.3) is 0 Å². The zero-order valence-electron chi connectivity index (χ0n) is 10.1. The molecule has 0 aliphatic rings. The minimum atomic E-state index is -1.04. The minimum Gasteiger partial charge on any atom is -0.496 e. The minimum absolute atomic E-state index is 0.274. The lowest BCUT2D eigenvalue weighted by Gasteiger charge is -2.25. The van der Waals surface area contributed by atoms with Gasteiger partial charge in [0.2, 0.25) is 0 Å². The van der Waals surface area contributed by atoms with Gasteiger partial charge in [-0.25, -0.2) is 0 Å². The first kappa shape index (κ1) is 13.0. The van der Waals surface area contributed by atoms with Gasteiger partial charge in [-0.05, 0) is 31.0 Å². The predicted octanol–water partition coefficient (Wildman–Crippen LogP) is 0.928. The highest BCUT2D eigenvalue weighted by molar-refractivity contribution is 5.41. The van der Waals surface area contributed by atoms with Crippen molar-refractivity contribution < 1.29 is 9.84 Å². The van der Waals surface area contributed by atoms with E-state index in [4.69, 9.17) is 10.6 Å². The molecule has 16 heavy (non-hydrogen) atoms. The van der Waals surface area contributed by atoms with Gasteiger partial charge in [0.15, 0.2) is 0 Å². The molecule has 0 aromatic heterocycles. The maximum atomic E-state index is 10.3. The first-order valence-corrected chi connectivity index (χ1v) is 5.38. The zero-order valence-corrected chi connectivity index (χ0v) is 10.1. The van der Waals surface area contributed by atoms with E-state index in [9.17, 15) is 5.11 Å². The topological polar surface area (TPSA) is 67.5 Å². The Kier molecular flexibility index (Phi) is 4.29. The fourth-order valence-corrected chi connectivity index (χ4v) is 1.69. The summed E-state index contributed by atoms with van der Waals surface area (Å²) in [5, 5.41) is 10.3. The van der Waals surface area contributed by atoms with E-state index < -0.39 is 5.60 Å². The van der Waals surface area contributed by atoms with E-state index in [1.165, 1.54) is 0 Å². The number of ether oxygens (including phenoxy) is 1. The highest BCUT2D eigenvalue weighted by Gasteiger charge is 2.26. The Balaban J connectivity index is 3.17. The third kappa shape index (κ3) is 2.72. The van der Waals surface area contributed by atoms with Crippen LogP contribution < -0.4 is 16.0 Å². The third-order valence-electron chi connectivity index (χ3n) is 2.70. The van der Waals surface area contributed by atoms with Gasteiger partial charge in [0.05, 0.1) is 7.11 Å². The van der Waals surface area contributed by atoms with E-state index in [1.807, 2.05) is 18.2 Å². The number of aliphatic hydroxyl groups is 1. The largest absolute Gasteiger partial charge is 0.496 e. The van der Waals surface area contributed by atoms with Crippen LogP contribution in [0.5, 0.6) is 5.75 Å². The molecule has 90 valence electrons. The first-order valence-electron chi connectivity index (χ1n) is 5.38. The molecule has 1 rings (SSSR count). The van der Waals surface area contributed by atoms with Crippen LogP contribution in [0.15, 0.2) is 18.2 Å². The zero-order chi connectivity index (χ0) is 12.2. The summed E-state index contributed by atoms with van der Waals surface area (Å²) in [7, 11) is 1.59. The van der Waals surface area contributed by atoms with E-state index in [1.54, 1.807) is 14.0 Å². The number of nitrogens with two attached hydrogens (primary N) is 1. The summed E-state index contributed by atoms with van der Waals surface area (Å²) in [6.45, 7) is 4.06. The molecular weight excluding hydrogens is 204 g/mol. The molecule has 0 aliphatic carbocycles. The molecule has 0 fully saturated rings. The molecule has 4 N–H and O–H groups in total. The van der Waals surface area contributed by atoms with Crippen LogP contribution in [0.2, 0.25) is 0 Å². The summed E-state index contributed by atoms with van der Waals surface area (Å²) in [5.41, 5.74) is 3.37. The summed E-state index contributed by atoms with van der Waals surface area (Å²) >= 11 is 0. The number of hydrogen-bond donors (Lipinski definition) is 3. The molecule has 0 saturated heterocycles. The lowest BCUT2D eigenvalue weighted by atomic mass is 9.93. The Bertz CT molecular complexity index is 351. The van der Waals surface area contributed by atoms with E-state index >= 15 is 0 Å².